The minimum absolute atomic E-state index is 0.551. The number of hydrogen-bond acceptors (Lipinski definition) is 3. The molecule has 3 rings (SSSR count). The van der Waals surface area contributed by atoms with Crippen LogP contribution < -0.4 is 11.1 Å². The van der Waals surface area contributed by atoms with Gasteiger partial charge in [-0.05, 0) is 38.1 Å². The average Bonchev–Trinajstić information content (AvgIpc) is 2.90. The second kappa shape index (κ2) is 7.28. The summed E-state index contributed by atoms with van der Waals surface area (Å²) < 4.78 is 2.19. The molecule has 0 aliphatic carbocycles. The third kappa shape index (κ3) is 3.07. The molecule has 0 bridgehead atoms. The fourth-order valence-corrected chi connectivity index (χ4v) is 3.06. The van der Waals surface area contributed by atoms with Crippen LogP contribution in [0.15, 0.2) is 36.5 Å². The molecule has 0 aliphatic heterocycles. The first-order valence-electron chi connectivity index (χ1n) is 8.06. The summed E-state index contributed by atoms with van der Waals surface area (Å²) in [5, 5.41) is 5.90. The van der Waals surface area contributed by atoms with Crippen molar-refractivity contribution in [1.29, 1.82) is 0 Å². The molecule has 1 aromatic carbocycles. The van der Waals surface area contributed by atoms with E-state index in [4.69, 9.17) is 12.2 Å². The maximum absolute atomic E-state index is 5.59. The van der Waals surface area contributed by atoms with Crippen LogP contribution in [0, 0.1) is 12.3 Å². The van der Waals surface area contributed by atoms with Gasteiger partial charge in [0.15, 0.2) is 0 Å². The van der Waals surface area contributed by atoms with Gasteiger partial charge < -0.3 is 15.6 Å². The molecule has 3 N–H and O–H groups in total. The molecule has 0 amide bonds. The highest BCUT2D eigenvalue weighted by Crippen LogP contribution is 2.30. The van der Waals surface area contributed by atoms with Crippen molar-refractivity contribution in [1.82, 2.24) is 14.9 Å². The van der Waals surface area contributed by atoms with Crippen LogP contribution in [0.25, 0.3) is 21.8 Å². The van der Waals surface area contributed by atoms with Crippen LogP contribution in [0.2, 0.25) is 0 Å². The van der Waals surface area contributed by atoms with Crippen LogP contribution in [-0.4, -0.2) is 22.6 Å². The Bertz CT molecular complexity index is 842. The first-order valence-corrected chi connectivity index (χ1v) is 8.06. The van der Waals surface area contributed by atoms with E-state index in [2.05, 4.69) is 45.1 Å². The number of pyridine rings is 1. The Balaban J connectivity index is 2.00. The van der Waals surface area contributed by atoms with Gasteiger partial charge in [0.1, 0.15) is 0 Å². The lowest BCUT2D eigenvalue weighted by molar-refractivity contribution is 0.621. The summed E-state index contributed by atoms with van der Waals surface area (Å²) in [7, 11) is 0. The van der Waals surface area contributed by atoms with Crippen LogP contribution in [0.1, 0.15) is 18.5 Å². The lowest BCUT2D eigenvalue weighted by Gasteiger charge is -2.08. The topological polar surface area (TPSA) is 55.9 Å². The van der Waals surface area contributed by atoms with Gasteiger partial charge in [0.2, 0.25) is 0 Å². The number of fused-ring (bicyclic) bond motifs is 3. The number of para-hydroxylation sites is 1. The fourth-order valence-electron chi connectivity index (χ4n) is 3.06. The summed E-state index contributed by atoms with van der Waals surface area (Å²) in [4.78, 5) is 4.59. The normalized spacial score (nSPS) is 11.1. The van der Waals surface area contributed by atoms with Gasteiger partial charge in [-0.25, -0.2) is 0 Å². The van der Waals surface area contributed by atoms with Gasteiger partial charge in [-0.15, -0.1) is 6.42 Å². The van der Waals surface area contributed by atoms with E-state index in [0.29, 0.717) is 6.54 Å². The second-order valence-corrected chi connectivity index (χ2v) is 5.63. The Kier molecular flexibility index (Phi) is 4.92. The summed E-state index contributed by atoms with van der Waals surface area (Å²) in [6.07, 6.45) is 9.60. The third-order valence-electron chi connectivity index (χ3n) is 4.10. The zero-order valence-corrected chi connectivity index (χ0v) is 13.3. The number of unbranched alkanes of at least 4 members (excludes halogenated alkanes) is 1. The molecule has 0 fully saturated rings. The molecule has 0 atom stereocenters. The number of aromatic nitrogens is 2. The minimum Gasteiger partial charge on any atom is -0.330 e. The number of hydrogen-bond donors (Lipinski definition) is 2. The number of nitrogens with one attached hydrogen (secondary N) is 1. The van der Waals surface area contributed by atoms with Crippen LogP contribution >= 0.6 is 0 Å². The molecular formula is C19H22N4. The van der Waals surface area contributed by atoms with Gasteiger partial charge in [-0.3, -0.25) is 4.98 Å². The monoisotopic (exact) mass is 306 g/mol. The van der Waals surface area contributed by atoms with E-state index in [1.165, 1.54) is 10.8 Å². The van der Waals surface area contributed by atoms with Crippen LogP contribution in [0.5, 0.6) is 0 Å². The molecule has 0 saturated heterocycles. The Morgan fingerprint density at radius 1 is 1.17 bits per heavy atom. The van der Waals surface area contributed by atoms with Crippen LogP contribution in [0.3, 0.4) is 0 Å². The molecule has 0 spiro atoms. The van der Waals surface area contributed by atoms with Gasteiger partial charge >= 0.3 is 0 Å². The zero-order valence-electron chi connectivity index (χ0n) is 13.3. The quantitative estimate of drug-likeness (QED) is 0.521. The highest BCUT2D eigenvalue weighted by Gasteiger charge is 2.13. The highest BCUT2D eigenvalue weighted by molar-refractivity contribution is 6.08. The van der Waals surface area contributed by atoms with E-state index in [1.807, 2.05) is 12.3 Å². The Hall–Kier alpha value is -2.35. The molecule has 0 radical (unpaired) electrons. The summed E-state index contributed by atoms with van der Waals surface area (Å²) >= 11 is 0. The molecule has 2 heterocycles. The molecule has 3 aromatic rings. The first-order chi connectivity index (χ1) is 11.4. The molecule has 0 aliphatic rings. The van der Waals surface area contributed by atoms with Gasteiger partial charge in [-0.2, -0.15) is 0 Å². The molecule has 4 nitrogen and oxygen atoms in total. The second-order valence-electron chi connectivity index (χ2n) is 5.63. The van der Waals surface area contributed by atoms with Gasteiger partial charge in [-0.1, -0.05) is 24.1 Å². The van der Waals surface area contributed by atoms with Crippen molar-refractivity contribution in [2.75, 3.05) is 13.1 Å². The molecule has 23 heavy (non-hydrogen) atoms. The van der Waals surface area contributed by atoms with Gasteiger partial charge in [0, 0.05) is 23.5 Å². The van der Waals surface area contributed by atoms with E-state index in [1.54, 1.807) is 0 Å². The van der Waals surface area contributed by atoms with Crippen molar-refractivity contribution in [2.24, 2.45) is 5.73 Å². The highest BCUT2D eigenvalue weighted by atomic mass is 15.0. The van der Waals surface area contributed by atoms with Crippen molar-refractivity contribution < 1.29 is 0 Å². The number of nitrogens with zero attached hydrogens (tertiary/aromatic N) is 2. The largest absolute Gasteiger partial charge is 0.330 e. The molecule has 0 saturated carbocycles. The molecule has 0 unspecified atom stereocenters. The molecular weight excluding hydrogens is 284 g/mol. The summed E-state index contributed by atoms with van der Waals surface area (Å²) in [6.45, 7) is 2.98. The van der Waals surface area contributed by atoms with E-state index in [9.17, 15) is 0 Å². The molecule has 4 heteroatoms. The first kappa shape index (κ1) is 15.5. The minimum atomic E-state index is 0.551. The fraction of sp³-hybridized carbons (Fsp3) is 0.316. The van der Waals surface area contributed by atoms with Crippen molar-refractivity contribution in [2.45, 2.75) is 25.9 Å². The Labute approximate surface area is 136 Å². The lowest BCUT2D eigenvalue weighted by Crippen LogP contribution is -2.17. The number of terminal acetylenes is 1. The van der Waals surface area contributed by atoms with Gasteiger partial charge in [0.25, 0.3) is 0 Å². The summed E-state index contributed by atoms with van der Waals surface area (Å²) in [5.41, 5.74) is 8.88. The standard InChI is InChI=1S/C19H22N4/c1-2-13-23-18-8-4-3-7-15(18)16-9-12-22-17(19(16)23)14-21-11-6-5-10-20/h1,3-4,7-9,12,21H,5-6,10-11,13-14,20H2. The summed E-state index contributed by atoms with van der Waals surface area (Å²) in [6, 6.07) is 10.4. The summed E-state index contributed by atoms with van der Waals surface area (Å²) in [5.74, 6) is 2.77. The molecule has 2 aromatic heterocycles. The van der Waals surface area contributed by atoms with E-state index in [-0.39, 0.29) is 0 Å². The number of rotatable bonds is 7. The van der Waals surface area contributed by atoms with E-state index in [0.717, 1.165) is 49.2 Å². The van der Waals surface area contributed by atoms with E-state index >= 15 is 0 Å². The smallest absolute Gasteiger partial charge is 0.0841 e. The number of nitrogens with two attached hydrogens (primary N) is 1. The zero-order chi connectivity index (χ0) is 16.1. The predicted molar refractivity (Wildman–Crippen MR) is 96.1 cm³/mol. The Morgan fingerprint density at radius 2 is 2.04 bits per heavy atom. The van der Waals surface area contributed by atoms with Crippen molar-refractivity contribution in [3.05, 3.63) is 42.2 Å². The molecule has 118 valence electrons. The van der Waals surface area contributed by atoms with Gasteiger partial charge in [0.05, 0.1) is 23.3 Å². The Morgan fingerprint density at radius 3 is 2.87 bits per heavy atom. The average molecular weight is 306 g/mol. The third-order valence-corrected chi connectivity index (χ3v) is 4.10. The lowest BCUT2D eigenvalue weighted by atomic mass is 10.1. The van der Waals surface area contributed by atoms with Crippen molar-refractivity contribution in [3.63, 3.8) is 0 Å². The van der Waals surface area contributed by atoms with E-state index < -0.39 is 0 Å². The van der Waals surface area contributed by atoms with Crippen LogP contribution in [0.4, 0.5) is 0 Å². The maximum Gasteiger partial charge on any atom is 0.0841 e. The van der Waals surface area contributed by atoms with Crippen molar-refractivity contribution >= 4 is 21.8 Å². The van der Waals surface area contributed by atoms with Crippen LogP contribution in [-0.2, 0) is 13.1 Å². The SMILES string of the molecule is C#CCn1c2ccccc2c2ccnc(CNCCCCN)c21. The predicted octanol–water partition coefficient (Wildman–Crippen LogP) is 2.65. The maximum atomic E-state index is 5.59. The number of benzene rings is 1. The van der Waals surface area contributed by atoms with Crippen molar-refractivity contribution in [3.8, 4) is 12.3 Å².